The summed E-state index contributed by atoms with van der Waals surface area (Å²) < 4.78 is 0. The fraction of sp³-hybridized carbons (Fsp3) is 0.545. The summed E-state index contributed by atoms with van der Waals surface area (Å²) in [6.07, 6.45) is 5.71. The highest BCUT2D eigenvalue weighted by Gasteiger charge is 2.66. The molecular weight excluding hydrogens is 220 g/mol. The van der Waals surface area contributed by atoms with Gasteiger partial charge in [0.2, 0.25) is 0 Å². The molecule has 3 fully saturated rings. The number of hydrogen-bond donors (Lipinski definition) is 1. The van der Waals surface area contributed by atoms with Crippen molar-refractivity contribution in [3.63, 3.8) is 0 Å². The number of hydrogen-bond acceptors (Lipinski definition) is 5. The van der Waals surface area contributed by atoms with Crippen molar-refractivity contribution in [1.82, 2.24) is 15.0 Å². The van der Waals surface area contributed by atoms with E-state index in [4.69, 9.17) is 5.73 Å². The zero-order chi connectivity index (χ0) is 11.0. The Morgan fingerprint density at radius 3 is 2.75 bits per heavy atom. The van der Waals surface area contributed by atoms with E-state index in [-0.39, 0.29) is 0 Å². The molecule has 2 bridgehead atoms. The Bertz CT molecular complexity index is 583. The summed E-state index contributed by atoms with van der Waals surface area (Å²) in [4.78, 5) is 14.0. The molecule has 0 unspecified atom stereocenters. The van der Waals surface area contributed by atoms with E-state index < -0.39 is 0 Å². The van der Waals surface area contributed by atoms with Crippen molar-refractivity contribution in [2.75, 3.05) is 5.73 Å². The van der Waals surface area contributed by atoms with Crippen LogP contribution in [-0.4, -0.2) is 15.0 Å². The first kappa shape index (κ1) is 8.87. The van der Waals surface area contributed by atoms with Crippen LogP contribution in [0.3, 0.4) is 0 Å². The van der Waals surface area contributed by atoms with E-state index in [9.17, 15) is 0 Å². The number of nitrogen functional groups attached to an aromatic ring is 1. The number of anilines is 1. The lowest BCUT2D eigenvalue weighted by atomic mass is 9.35. The Labute approximate surface area is 96.9 Å². The van der Waals surface area contributed by atoms with Gasteiger partial charge in [0.1, 0.15) is 0 Å². The van der Waals surface area contributed by atoms with Crippen LogP contribution in [0.5, 0.6) is 0 Å². The number of thiazole rings is 1. The lowest BCUT2D eigenvalue weighted by molar-refractivity contribution is -0.128. The summed E-state index contributed by atoms with van der Waals surface area (Å²) in [7, 11) is 0. The Balaban J connectivity index is 1.82. The molecule has 5 rings (SSSR count). The van der Waals surface area contributed by atoms with Gasteiger partial charge in [-0.05, 0) is 24.7 Å². The smallest absolute Gasteiger partial charge is 0.191 e. The summed E-state index contributed by atoms with van der Waals surface area (Å²) in [6.45, 7) is 2.35. The van der Waals surface area contributed by atoms with Crippen LogP contribution in [0.15, 0.2) is 6.20 Å². The van der Waals surface area contributed by atoms with Crippen molar-refractivity contribution in [2.45, 2.75) is 31.6 Å². The van der Waals surface area contributed by atoms with E-state index in [2.05, 4.69) is 21.9 Å². The van der Waals surface area contributed by atoms with Gasteiger partial charge in [-0.3, -0.25) is 0 Å². The fourth-order valence-electron chi connectivity index (χ4n) is 3.56. The molecule has 0 radical (unpaired) electrons. The van der Waals surface area contributed by atoms with Gasteiger partial charge >= 0.3 is 0 Å². The highest BCUT2D eigenvalue weighted by molar-refractivity contribution is 7.21. The average Bonchev–Trinajstić information content (AvgIpc) is 2.50. The quantitative estimate of drug-likeness (QED) is 0.817. The summed E-state index contributed by atoms with van der Waals surface area (Å²) in [5, 5.41) is 0.553. The van der Waals surface area contributed by atoms with E-state index in [1.54, 1.807) is 0 Å². The third kappa shape index (κ3) is 0.923. The summed E-state index contributed by atoms with van der Waals surface area (Å²) in [5.74, 6) is 0. The Morgan fingerprint density at radius 1 is 1.31 bits per heavy atom. The highest BCUT2D eigenvalue weighted by Crippen LogP contribution is 2.72. The van der Waals surface area contributed by atoms with Crippen LogP contribution in [0.25, 0.3) is 10.5 Å². The van der Waals surface area contributed by atoms with Gasteiger partial charge in [0.15, 0.2) is 15.6 Å². The minimum Gasteiger partial charge on any atom is -0.375 e. The molecule has 5 heteroatoms. The SMILES string of the molecule is CC12CC(c3cnc4nc(N)sc4n3)(C1)C2. The first-order chi connectivity index (χ1) is 7.59. The van der Waals surface area contributed by atoms with Crippen molar-refractivity contribution < 1.29 is 0 Å². The fourth-order valence-corrected chi connectivity index (χ4v) is 4.22. The Morgan fingerprint density at radius 2 is 2.06 bits per heavy atom. The molecule has 2 aromatic heterocycles. The van der Waals surface area contributed by atoms with Gasteiger partial charge in [0.05, 0.1) is 11.9 Å². The lowest BCUT2D eigenvalue weighted by Crippen LogP contribution is -2.63. The molecule has 0 amide bonds. The standard InChI is InChI=1S/C11H12N4S/c1-10-3-11(4-10,5-10)6-2-13-7-8(14-6)16-9(12)15-7/h2H,3-5H2,1H3,(H2,12,13,15). The molecule has 0 saturated heterocycles. The number of aromatic nitrogens is 3. The van der Waals surface area contributed by atoms with Gasteiger partial charge in [0.25, 0.3) is 0 Å². The molecule has 0 aliphatic heterocycles. The maximum absolute atomic E-state index is 5.65. The number of nitrogens with zero attached hydrogens (tertiary/aromatic N) is 3. The monoisotopic (exact) mass is 232 g/mol. The van der Waals surface area contributed by atoms with Crippen LogP contribution in [-0.2, 0) is 5.41 Å². The zero-order valence-electron chi connectivity index (χ0n) is 9.03. The predicted molar refractivity (Wildman–Crippen MR) is 63.3 cm³/mol. The molecular formula is C11H12N4S. The van der Waals surface area contributed by atoms with Gasteiger partial charge in [-0.1, -0.05) is 18.3 Å². The third-order valence-corrected chi connectivity index (χ3v) is 4.75. The van der Waals surface area contributed by atoms with Crippen molar-refractivity contribution in [3.05, 3.63) is 11.9 Å². The second-order valence-corrected chi connectivity index (χ2v) is 6.57. The van der Waals surface area contributed by atoms with Gasteiger partial charge in [0, 0.05) is 5.41 Å². The van der Waals surface area contributed by atoms with Crippen LogP contribution in [0.4, 0.5) is 5.13 Å². The second kappa shape index (κ2) is 2.37. The van der Waals surface area contributed by atoms with Crippen molar-refractivity contribution in [3.8, 4) is 0 Å². The van der Waals surface area contributed by atoms with Crippen molar-refractivity contribution in [1.29, 1.82) is 0 Å². The normalized spacial score (nSPS) is 35.8. The first-order valence-electron chi connectivity index (χ1n) is 5.48. The van der Waals surface area contributed by atoms with Crippen LogP contribution >= 0.6 is 11.3 Å². The predicted octanol–water partition coefficient (Wildman–Crippen LogP) is 2.11. The first-order valence-corrected chi connectivity index (χ1v) is 6.30. The molecule has 2 heterocycles. The van der Waals surface area contributed by atoms with E-state index in [0.717, 1.165) is 10.5 Å². The summed E-state index contributed by atoms with van der Waals surface area (Å²) in [5.41, 5.74) is 8.43. The van der Waals surface area contributed by atoms with Crippen LogP contribution < -0.4 is 5.73 Å². The lowest BCUT2D eigenvalue weighted by Gasteiger charge is -2.69. The number of nitrogens with two attached hydrogens (primary N) is 1. The summed E-state index contributed by atoms with van der Waals surface area (Å²) in [6, 6.07) is 0. The molecule has 3 aliphatic rings. The van der Waals surface area contributed by atoms with Crippen LogP contribution in [0, 0.1) is 5.41 Å². The second-order valence-electron chi connectivity index (χ2n) is 5.56. The van der Waals surface area contributed by atoms with E-state index in [1.165, 1.54) is 30.6 Å². The van der Waals surface area contributed by atoms with E-state index >= 15 is 0 Å². The minimum absolute atomic E-state index is 0.342. The van der Waals surface area contributed by atoms with Crippen LogP contribution in [0.2, 0.25) is 0 Å². The molecule has 3 aliphatic carbocycles. The van der Waals surface area contributed by atoms with Gasteiger partial charge in [-0.2, -0.15) is 4.98 Å². The molecule has 0 spiro atoms. The third-order valence-electron chi connectivity index (χ3n) is 3.98. The van der Waals surface area contributed by atoms with Gasteiger partial charge < -0.3 is 5.73 Å². The molecule has 2 N–H and O–H groups in total. The van der Waals surface area contributed by atoms with Gasteiger partial charge in [-0.25, -0.2) is 9.97 Å². The molecule has 82 valence electrons. The number of fused-ring (bicyclic) bond motifs is 1. The average molecular weight is 232 g/mol. The molecule has 0 atom stereocenters. The molecule has 0 aromatic carbocycles. The zero-order valence-corrected chi connectivity index (χ0v) is 9.84. The van der Waals surface area contributed by atoms with E-state index in [1.807, 2.05) is 6.20 Å². The van der Waals surface area contributed by atoms with Crippen molar-refractivity contribution >= 4 is 26.9 Å². The Kier molecular flexibility index (Phi) is 1.31. The van der Waals surface area contributed by atoms with Crippen molar-refractivity contribution in [2.24, 2.45) is 5.41 Å². The molecule has 4 nitrogen and oxygen atoms in total. The molecule has 3 saturated carbocycles. The molecule has 16 heavy (non-hydrogen) atoms. The highest BCUT2D eigenvalue weighted by atomic mass is 32.1. The van der Waals surface area contributed by atoms with Gasteiger partial charge in [-0.15, -0.1) is 0 Å². The van der Waals surface area contributed by atoms with Crippen LogP contribution in [0.1, 0.15) is 31.9 Å². The molecule has 2 aromatic rings. The summed E-state index contributed by atoms with van der Waals surface area (Å²) >= 11 is 1.43. The topological polar surface area (TPSA) is 64.7 Å². The maximum Gasteiger partial charge on any atom is 0.191 e. The maximum atomic E-state index is 5.65. The van der Waals surface area contributed by atoms with E-state index in [0.29, 0.717) is 21.6 Å². The largest absolute Gasteiger partial charge is 0.375 e. The number of rotatable bonds is 1. The Hall–Kier alpha value is -1.23. The minimum atomic E-state index is 0.342.